The standard InChI is InChI=1S/C19H25BrN2O.C4H4O4/c1-3-10-22(11-4-2)15-9-8-14-6-5-7-16(17(14)12-15)18-13-19(20)21-23-18;5-3(6)1-2-4(7)8/h5-7,13,15H,3-4,8-12H2,1-2H3;1-2H,(H,5,6)(H,7,8). The monoisotopic (exact) mass is 492 g/mol. The summed E-state index contributed by atoms with van der Waals surface area (Å²) < 4.78 is 6.26. The summed E-state index contributed by atoms with van der Waals surface area (Å²) in [6.07, 6.45) is 7.10. The van der Waals surface area contributed by atoms with E-state index in [-0.39, 0.29) is 0 Å². The van der Waals surface area contributed by atoms with Crippen LogP contribution in [0.15, 0.2) is 45.5 Å². The van der Waals surface area contributed by atoms with Crippen molar-refractivity contribution in [1.29, 1.82) is 0 Å². The first-order valence-electron chi connectivity index (χ1n) is 10.5. The summed E-state index contributed by atoms with van der Waals surface area (Å²) in [6.45, 7) is 6.95. The van der Waals surface area contributed by atoms with Gasteiger partial charge in [0.05, 0.1) is 0 Å². The first-order chi connectivity index (χ1) is 14.8. The van der Waals surface area contributed by atoms with Crippen molar-refractivity contribution >= 4 is 27.9 Å². The number of carboxylic acid groups (broad SMARTS) is 2. The van der Waals surface area contributed by atoms with Crippen LogP contribution in [0.2, 0.25) is 0 Å². The first kappa shape index (κ1) is 24.8. The highest BCUT2D eigenvalue weighted by Gasteiger charge is 2.26. The summed E-state index contributed by atoms with van der Waals surface area (Å²) in [7, 11) is 0. The molecule has 7 nitrogen and oxygen atoms in total. The number of aromatic nitrogens is 1. The van der Waals surface area contributed by atoms with Crippen molar-refractivity contribution in [2.75, 3.05) is 13.1 Å². The second kappa shape index (κ2) is 12.4. The van der Waals surface area contributed by atoms with Crippen LogP contribution < -0.4 is 0 Å². The lowest BCUT2D eigenvalue weighted by Crippen LogP contribution is -2.40. The molecule has 1 heterocycles. The van der Waals surface area contributed by atoms with Crippen molar-refractivity contribution in [2.24, 2.45) is 0 Å². The number of aliphatic carboxylic acids is 2. The highest BCUT2D eigenvalue weighted by atomic mass is 79.9. The molecular weight excluding hydrogens is 464 g/mol. The fourth-order valence-corrected chi connectivity index (χ4v) is 4.17. The van der Waals surface area contributed by atoms with E-state index in [1.54, 1.807) is 0 Å². The van der Waals surface area contributed by atoms with Gasteiger partial charge < -0.3 is 19.6 Å². The van der Waals surface area contributed by atoms with E-state index in [2.05, 4.69) is 58.0 Å². The van der Waals surface area contributed by atoms with E-state index in [9.17, 15) is 9.59 Å². The van der Waals surface area contributed by atoms with Crippen LogP contribution in [-0.4, -0.2) is 51.3 Å². The normalized spacial score (nSPS) is 15.4. The molecule has 0 saturated heterocycles. The first-order valence-corrected chi connectivity index (χ1v) is 11.3. The Labute approximate surface area is 190 Å². The quantitative estimate of drug-likeness (QED) is 0.510. The summed E-state index contributed by atoms with van der Waals surface area (Å²) in [5.41, 5.74) is 4.13. The number of carbonyl (C=O) groups is 2. The molecule has 31 heavy (non-hydrogen) atoms. The molecule has 168 valence electrons. The average molecular weight is 493 g/mol. The zero-order chi connectivity index (χ0) is 22.8. The van der Waals surface area contributed by atoms with Crippen LogP contribution in [0.4, 0.5) is 0 Å². The van der Waals surface area contributed by atoms with E-state index in [0.717, 1.165) is 23.2 Å². The third-order valence-corrected chi connectivity index (χ3v) is 5.49. The van der Waals surface area contributed by atoms with Gasteiger partial charge in [-0.3, -0.25) is 0 Å². The van der Waals surface area contributed by atoms with Crippen LogP contribution in [0.25, 0.3) is 11.3 Å². The van der Waals surface area contributed by atoms with Crippen LogP contribution in [-0.2, 0) is 22.4 Å². The Balaban J connectivity index is 0.000000366. The van der Waals surface area contributed by atoms with Crippen molar-refractivity contribution in [1.82, 2.24) is 10.1 Å². The second-order valence-electron chi connectivity index (χ2n) is 7.40. The summed E-state index contributed by atoms with van der Waals surface area (Å²) >= 11 is 3.39. The van der Waals surface area contributed by atoms with E-state index in [4.69, 9.17) is 14.7 Å². The Morgan fingerprint density at radius 3 is 2.35 bits per heavy atom. The van der Waals surface area contributed by atoms with Gasteiger partial charge in [-0.15, -0.1) is 0 Å². The number of hydrogen-bond donors (Lipinski definition) is 2. The fraction of sp³-hybridized carbons (Fsp3) is 0.435. The molecule has 3 rings (SSSR count). The maximum absolute atomic E-state index is 9.55. The van der Waals surface area contributed by atoms with E-state index in [0.29, 0.717) is 18.2 Å². The molecule has 2 aromatic rings. The van der Waals surface area contributed by atoms with E-state index >= 15 is 0 Å². The Hall–Kier alpha value is -2.45. The van der Waals surface area contributed by atoms with Crippen LogP contribution in [0.3, 0.4) is 0 Å². The predicted molar refractivity (Wildman–Crippen MR) is 122 cm³/mol. The van der Waals surface area contributed by atoms with Crippen molar-refractivity contribution in [3.8, 4) is 11.3 Å². The lowest BCUT2D eigenvalue weighted by Gasteiger charge is -2.35. The second-order valence-corrected chi connectivity index (χ2v) is 8.21. The molecule has 1 atom stereocenters. The zero-order valence-electron chi connectivity index (χ0n) is 17.9. The lowest BCUT2D eigenvalue weighted by molar-refractivity contribution is -0.134. The highest BCUT2D eigenvalue weighted by molar-refractivity contribution is 9.10. The van der Waals surface area contributed by atoms with E-state index in [1.807, 2.05) is 6.07 Å². The van der Waals surface area contributed by atoms with Crippen molar-refractivity contribution in [2.45, 2.75) is 52.0 Å². The van der Waals surface area contributed by atoms with Gasteiger partial charge in [0.15, 0.2) is 5.76 Å². The van der Waals surface area contributed by atoms with Crippen molar-refractivity contribution < 1.29 is 24.3 Å². The minimum atomic E-state index is -1.26. The number of benzene rings is 1. The number of carboxylic acids is 2. The number of hydrogen-bond acceptors (Lipinski definition) is 5. The molecule has 0 fully saturated rings. The number of fused-ring (bicyclic) bond motifs is 1. The molecule has 0 bridgehead atoms. The van der Waals surface area contributed by atoms with Gasteiger partial charge in [-0.2, -0.15) is 0 Å². The van der Waals surface area contributed by atoms with Gasteiger partial charge in [0.1, 0.15) is 4.60 Å². The number of aryl methyl sites for hydroxylation is 1. The molecule has 0 spiro atoms. The number of halogens is 1. The van der Waals surface area contributed by atoms with Gasteiger partial charge in [-0.1, -0.05) is 37.2 Å². The molecule has 0 aliphatic heterocycles. The molecule has 1 aromatic heterocycles. The lowest BCUT2D eigenvalue weighted by atomic mass is 9.84. The van der Waals surface area contributed by atoms with Gasteiger partial charge >= 0.3 is 11.9 Å². The van der Waals surface area contributed by atoms with Crippen molar-refractivity contribution in [3.63, 3.8) is 0 Å². The topological polar surface area (TPSA) is 104 Å². The minimum Gasteiger partial charge on any atom is -0.478 e. The van der Waals surface area contributed by atoms with Crippen LogP contribution >= 0.6 is 15.9 Å². The Morgan fingerprint density at radius 2 is 1.84 bits per heavy atom. The molecule has 8 heteroatoms. The van der Waals surface area contributed by atoms with Gasteiger partial charge in [0.2, 0.25) is 0 Å². The van der Waals surface area contributed by atoms with E-state index in [1.165, 1.54) is 49.0 Å². The zero-order valence-corrected chi connectivity index (χ0v) is 19.5. The van der Waals surface area contributed by atoms with Gasteiger partial charge in [0.25, 0.3) is 0 Å². The minimum absolute atomic E-state index is 0.558. The highest BCUT2D eigenvalue weighted by Crippen LogP contribution is 2.34. The maximum Gasteiger partial charge on any atom is 0.328 e. The Kier molecular flexibility index (Phi) is 9.94. The number of rotatable bonds is 8. The fourth-order valence-electron chi connectivity index (χ4n) is 3.89. The molecule has 0 amide bonds. The van der Waals surface area contributed by atoms with Gasteiger partial charge in [-0.25, -0.2) is 9.59 Å². The van der Waals surface area contributed by atoms with Gasteiger partial charge in [0, 0.05) is 29.8 Å². The SMILES string of the molecule is CCCN(CCC)C1CCc2cccc(-c3cc(Br)no3)c2C1.O=C(O)C=CC(=O)O. The summed E-state index contributed by atoms with van der Waals surface area (Å²) in [5, 5.41) is 19.6. The smallest absolute Gasteiger partial charge is 0.328 e. The molecule has 0 radical (unpaired) electrons. The molecule has 1 aliphatic carbocycles. The van der Waals surface area contributed by atoms with Crippen molar-refractivity contribution in [3.05, 3.63) is 52.1 Å². The van der Waals surface area contributed by atoms with Gasteiger partial charge in [-0.05, 0) is 72.3 Å². The summed E-state index contributed by atoms with van der Waals surface area (Å²) in [4.78, 5) is 21.8. The third-order valence-electron chi connectivity index (χ3n) is 5.11. The molecular formula is C23H29BrN2O5. The maximum atomic E-state index is 9.55. The molecule has 1 aromatic carbocycles. The van der Waals surface area contributed by atoms with E-state index < -0.39 is 11.9 Å². The summed E-state index contributed by atoms with van der Waals surface area (Å²) in [5.74, 6) is -1.65. The van der Waals surface area contributed by atoms with Crippen LogP contribution in [0, 0.1) is 0 Å². The average Bonchev–Trinajstić information content (AvgIpc) is 3.18. The predicted octanol–water partition coefficient (Wildman–Crippen LogP) is 4.80. The Bertz CT molecular complexity index is 887. The molecule has 1 unspecified atom stereocenters. The third kappa shape index (κ3) is 7.63. The Morgan fingerprint density at radius 1 is 1.19 bits per heavy atom. The number of nitrogens with zero attached hydrogens (tertiary/aromatic N) is 2. The molecule has 0 saturated carbocycles. The largest absolute Gasteiger partial charge is 0.478 e. The van der Waals surface area contributed by atoms with Crippen LogP contribution in [0.5, 0.6) is 0 Å². The van der Waals surface area contributed by atoms with Crippen LogP contribution in [0.1, 0.15) is 44.2 Å². The molecule has 1 aliphatic rings. The summed E-state index contributed by atoms with van der Waals surface area (Å²) in [6, 6.07) is 9.19. The molecule has 2 N–H and O–H groups in total.